The molecule has 7 nitrogen and oxygen atoms in total. The van der Waals surface area contributed by atoms with E-state index < -0.39 is 23.5 Å². The molecule has 1 aliphatic rings. The number of nitrogens with one attached hydrogen (secondary N) is 5. The molecule has 4 aromatic rings. The van der Waals surface area contributed by atoms with Gasteiger partial charge in [0, 0.05) is 52.3 Å². The fourth-order valence-corrected chi connectivity index (χ4v) is 3.92. The molecule has 0 atom stereocenters. The van der Waals surface area contributed by atoms with Crippen LogP contribution in [0.5, 0.6) is 0 Å². The average molecular weight is 503 g/mol. The van der Waals surface area contributed by atoms with Crippen LogP contribution < -0.4 is 21.3 Å². The molecule has 2 heterocycles. The number of H-pyrrole nitrogens is 1. The van der Waals surface area contributed by atoms with Crippen molar-refractivity contribution in [3.05, 3.63) is 101 Å². The Hall–Kier alpha value is -4.99. The van der Waals surface area contributed by atoms with Crippen LogP contribution in [0.4, 0.5) is 46.4 Å². The maximum atomic E-state index is 13.4. The number of amides is 3. The number of carbonyl (C=O) groups is 2. The summed E-state index contributed by atoms with van der Waals surface area (Å²) in [5.74, 6) is -4.63. The molecule has 0 fully saturated rings. The first kappa shape index (κ1) is 23.7. The Morgan fingerprint density at radius 3 is 2.35 bits per heavy atom. The van der Waals surface area contributed by atoms with Crippen molar-refractivity contribution in [3.8, 4) is 0 Å². The van der Waals surface area contributed by atoms with Gasteiger partial charge in [-0.3, -0.25) is 4.79 Å². The molecule has 0 saturated carbocycles. The van der Waals surface area contributed by atoms with Crippen molar-refractivity contribution < 1.29 is 22.8 Å². The molecule has 0 aliphatic carbocycles. The Bertz CT molecular complexity index is 1540. The Balaban J connectivity index is 1.31. The van der Waals surface area contributed by atoms with Crippen LogP contribution in [0.2, 0.25) is 0 Å². The number of aromatic nitrogens is 1. The number of fused-ring (bicyclic) bond motifs is 1. The number of carbonyl (C=O) groups excluding carboxylic acids is 2. The summed E-state index contributed by atoms with van der Waals surface area (Å²) in [4.78, 5) is 27.9. The summed E-state index contributed by atoms with van der Waals surface area (Å²) >= 11 is 0. The SMILES string of the molecule is Cc1ccc(NC(=O)Nc2cc(F)c(F)c(F)c2)cc1Nc1ccc2c(c1)NC(=O)C2=Cc1ccc[nH]1. The predicted molar refractivity (Wildman–Crippen MR) is 137 cm³/mol. The van der Waals surface area contributed by atoms with Crippen LogP contribution in [0.15, 0.2) is 66.9 Å². The molecule has 0 bridgehead atoms. The van der Waals surface area contributed by atoms with Gasteiger partial charge >= 0.3 is 6.03 Å². The number of benzene rings is 3. The fraction of sp³-hybridized carbons (Fsp3) is 0.0370. The minimum atomic E-state index is -1.61. The lowest BCUT2D eigenvalue weighted by Gasteiger charge is -2.14. The summed E-state index contributed by atoms with van der Waals surface area (Å²) < 4.78 is 40.0. The third-order valence-corrected chi connectivity index (χ3v) is 5.74. The highest BCUT2D eigenvalue weighted by molar-refractivity contribution is 6.35. The Morgan fingerprint density at radius 2 is 1.62 bits per heavy atom. The van der Waals surface area contributed by atoms with E-state index in [4.69, 9.17) is 0 Å². The Kier molecular flexibility index (Phi) is 6.14. The Morgan fingerprint density at radius 1 is 0.892 bits per heavy atom. The smallest absolute Gasteiger partial charge is 0.323 e. The topological polar surface area (TPSA) is 98.0 Å². The van der Waals surface area contributed by atoms with E-state index in [1.165, 1.54) is 0 Å². The zero-order valence-corrected chi connectivity index (χ0v) is 19.4. The van der Waals surface area contributed by atoms with Crippen LogP contribution in [0, 0.1) is 24.4 Å². The summed E-state index contributed by atoms with van der Waals surface area (Å²) in [6, 6.07) is 14.9. The minimum absolute atomic E-state index is 0.198. The molecular weight excluding hydrogens is 483 g/mol. The first-order valence-corrected chi connectivity index (χ1v) is 11.2. The van der Waals surface area contributed by atoms with Gasteiger partial charge in [-0.25, -0.2) is 18.0 Å². The van der Waals surface area contributed by atoms with E-state index in [9.17, 15) is 22.8 Å². The van der Waals surface area contributed by atoms with Crippen LogP contribution >= 0.6 is 0 Å². The molecule has 10 heteroatoms. The minimum Gasteiger partial charge on any atom is -0.362 e. The van der Waals surface area contributed by atoms with Gasteiger partial charge in [0.1, 0.15) is 0 Å². The Labute approximate surface area is 209 Å². The van der Waals surface area contributed by atoms with E-state index in [0.717, 1.165) is 16.8 Å². The summed E-state index contributed by atoms with van der Waals surface area (Å²) in [5.41, 5.74) is 5.26. The van der Waals surface area contributed by atoms with E-state index in [1.807, 2.05) is 37.3 Å². The second-order valence-corrected chi connectivity index (χ2v) is 8.39. The van der Waals surface area contributed by atoms with Gasteiger partial charge in [0.25, 0.3) is 5.91 Å². The zero-order chi connectivity index (χ0) is 26.1. The van der Waals surface area contributed by atoms with Crippen LogP contribution in [-0.2, 0) is 4.79 Å². The lowest BCUT2D eigenvalue weighted by atomic mass is 10.1. The lowest BCUT2D eigenvalue weighted by Crippen LogP contribution is -2.20. The summed E-state index contributed by atoms with van der Waals surface area (Å²) in [5, 5.41) is 11.0. The van der Waals surface area contributed by atoms with Gasteiger partial charge in [0.2, 0.25) is 0 Å². The van der Waals surface area contributed by atoms with Crippen LogP contribution in [0.1, 0.15) is 16.8 Å². The number of anilines is 5. The summed E-state index contributed by atoms with van der Waals surface area (Å²) in [6.07, 6.45) is 3.57. The van der Waals surface area contributed by atoms with Crippen molar-refractivity contribution >= 4 is 52.0 Å². The van der Waals surface area contributed by atoms with Crippen LogP contribution in [-0.4, -0.2) is 16.9 Å². The van der Waals surface area contributed by atoms with E-state index in [1.54, 1.807) is 30.5 Å². The highest BCUT2D eigenvalue weighted by Crippen LogP contribution is 2.36. The highest BCUT2D eigenvalue weighted by atomic mass is 19.2. The van der Waals surface area contributed by atoms with E-state index in [2.05, 4.69) is 26.3 Å². The monoisotopic (exact) mass is 503 g/mol. The van der Waals surface area contributed by atoms with Gasteiger partial charge in [0.05, 0.1) is 11.3 Å². The number of aromatic amines is 1. The molecule has 5 N–H and O–H groups in total. The molecule has 0 saturated heterocycles. The maximum absolute atomic E-state index is 13.4. The third-order valence-electron chi connectivity index (χ3n) is 5.74. The molecular formula is C27H20F3N5O2. The van der Waals surface area contributed by atoms with Gasteiger partial charge in [0.15, 0.2) is 17.5 Å². The standard InChI is InChI=1S/C27H20F3N5O2/c1-14-4-5-17(33-27(37)34-18-10-21(28)25(30)22(29)11-18)12-23(14)32-16-6-7-19-20(9-15-3-2-8-31-15)26(36)35-24(19)13-16/h2-13,31-32H,1H3,(H,35,36)(H2,33,34,37). The number of rotatable bonds is 5. The largest absolute Gasteiger partial charge is 0.362 e. The molecule has 1 aliphatic heterocycles. The lowest BCUT2D eigenvalue weighted by molar-refractivity contribution is -0.110. The van der Waals surface area contributed by atoms with Crippen LogP contribution in [0.25, 0.3) is 11.6 Å². The quantitative estimate of drug-likeness (QED) is 0.156. The fourth-order valence-electron chi connectivity index (χ4n) is 3.92. The molecule has 3 amide bonds. The van der Waals surface area contributed by atoms with E-state index >= 15 is 0 Å². The van der Waals surface area contributed by atoms with Crippen molar-refractivity contribution in [2.24, 2.45) is 0 Å². The number of halogens is 3. The zero-order valence-electron chi connectivity index (χ0n) is 19.4. The van der Waals surface area contributed by atoms with Gasteiger partial charge in [-0.15, -0.1) is 0 Å². The van der Waals surface area contributed by atoms with Crippen molar-refractivity contribution in [2.45, 2.75) is 6.92 Å². The van der Waals surface area contributed by atoms with E-state index in [0.29, 0.717) is 40.5 Å². The van der Waals surface area contributed by atoms with Gasteiger partial charge in [-0.1, -0.05) is 12.1 Å². The van der Waals surface area contributed by atoms with Gasteiger partial charge in [-0.2, -0.15) is 0 Å². The molecule has 1 aromatic heterocycles. The van der Waals surface area contributed by atoms with Crippen molar-refractivity contribution in [3.63, 3.8) is 0 Å². The molecule has 0 unspecified atom stereocenters. The predicted octanol–water partition coefficient (Wildman–Crippen LogP) is 6.62. The maximum Gasteiger partial charge on any atom is 0.323 e. The number of hydrogen-bond acceptors (Lipinski definition) is 3. The molecule has 3 aromatic carbocycles. The van der Waals surface area contributed by atoms with Crippen molar-refractivity contribution in [2.75, 3.05) is 21.3 Å². The van der Waals surface area contributed by atoms with Crippen LogP contribution in [0.3, 0.4) is 0 Å². The molecule has 5 rings (SSSR count). The van der Waals surface area contributed by atoms with Gasteiger partial charge < -0.3 is 26.3 Å². The number of aryl methyl sites for hydroxylation is 1. The highest BCUT2D eigenvalue weighted by Gasteiger charge is 2.24. The molecule has 0 spiro atoms. The van der Waals surface area contributed by atoms with Gasteiger partial charge in [-0.05, 0) is 55.0 Å². The summed E-state index contributed by atoms with van der Waals surface area (Å²) in [6.45, 7) is 1.88. The molecule has 0 radical (unpaired) electrons. The van der Waals surface area contributed by atoms with Crippen molar-refractivity contribution in [1.29, 1.82) is 0 Å². The average Bonchev–Trinajstić information content (AvgIpc) is 3.47. The second-order valence-electron chi connectivity index (χ2n) is 8.39. The normalized spacial score (nSPS) is 13.3. The number of urea groups is 1. The van der Waals surface area contributed by atoms with Crippen molar-refractivity contribution in [1.82, 2.24) is 4.98 Å². The summed E-state index contributed by atoms with van der Waals surface area (Å²) in [7, 11) is 0. The van der Waals surface area contributed by atoms with E-state index in [-0.39, 0.29) is 11.6 Å². The first-order chi connectivity index (χ1) is 17.8. The molecule has 186 valence electrons. The molecule has 37 heavy (non-hydrogen) atoms. The third kappa shape index (κ3) is 5.03. The number of hydrogen-bond donors (Lipinski definition) is 5. The first-order valence-electron chi connectivity index (χ1n) is 11.2. The second kappa shape index (κ2) is 9.57.